The van der Waals surface area contributed by atoms with Crippen molar-refractivity contribution in [2.75, 3.05) is 18.4 Å². The summed E-state index contributed by atoms with van der Waals surface area (Å²) in [5.74, 6) is -1.56. The van der Waals surface area contributed by atoms with Crippen LogP contribution in [0.3, 0.4) is 0 Å². The van der Waals surface area contributed by atoms with Gasteiger partial charge in [0.1, 0.15) is 5.75 Å². The molecule has 1 fully saturated rings. The Kier molecular flexibility index (Phi) is 6.93. The Morgan fingerprint density at radius 2 is 1.52 bits per heavy atom. The quantitative estimate of drug-likeness (QED) is 0.612. The number of ether oxygens (including phenoxy) is 1. The van der Waals surface area contributed by atoms with E-state index in [1.807, 2.05) is 0 Å². The summed E-state index contributed by atoms with van der Waals surface area (Å²) in [7, 11) is -4.43. The number of carbonyl (C=O) groups is 1. The van der Waals surface area contributed by atoms with Gasteiger partial charge in [-0.25, -0.2) is 8.42 Å². The first-order valence-electron chi connectivity index (χ1n) is 9.60. The van der Waals surface area contributed by atoms with Crippen LogP contribution in [0.25, 0.3) is 0 Å². The van der Waals surface area contributed by atoms with Crippen molar-refractivity contribution in [1.82, 2.24) is 4.31 Å². The van der Waals surface area contributed by atoms with Crippen LogP contribution in [0.4, 0.5) is 32.0 Å². The molecule has 1 heterocycles. The number of rotatable bonds is 5. The van der Waals surface area contributed by atoms with Gasteiger partial charge in [0.15, 0.2) is 0 Å². The number of alkyl halides is 6. The molecule has 33 heavy (non-hydrogen) atoms. The van der Waals surface area contributed by atoms with E-state index in [1.165, 1.54) is 18.2 Å². The third-order valence-corrected chi connectivity index (χ3v) is 6.95. The minimum absolute atomic E-state index is 0.0640. The fraction of sp³-hybridized carbons (Fsp3) is 0.350. The number of sulfonamides is 1. The van der Waals surface area contributed by atoms with E-state index in [4.69, 9.17) is 0 Å². The Bertz CT molecular complexity index is 1090. The molecule has 0 saturated carbocycles. The van der Waals surface area contributed by atoms with Crippen LogP contribution in [-0.2, 0) is 21.0 Å². The highest BCUT2D eigenvalue weighted by Gasteiger charge is 2.40. The molecule has 1 saturated heterocycles. The van der Waals surface area contributed by atoms with E-state index in [0.717, 1.165) is 28.6 Å². The maximum Gasteiger partial charge on any atom is 0.573 e. The lowest BCUT2D eigenvalue weighted by atomic mass is 9.97. The first-order chi connectivity index (χ1) is 15.3. The number of piperidine rings is 1. The summed E-state index contributed by atoms with van der Waals surface area (Å²) < 4.78 is 107. The zero-order valence-corrected chi connectivity index (χ0v) is 17.6. The van der Waals surface area contributed by atoms with Crippen LogP contribution in [0.1, 0.15) is 18.4 Å². The van der Waals surface area contributed by atoms with Crippen molar-refractivity contribution in [1.29, 1.82) is 0 Å². The van der Waals surface area contributed by atoms with Gasteiger partial charge in [0.25, 0.3) is 0 Å². The second kappa shape index (κ2) is 9.21. The number of anilines is 1. The smallest absolute Gasteiger partial charge is 0.406 e. The van der Waals surface area contributed by atoms with E-state index in [2.05, 4.69) is 10.1 Å². The molecule has 1 amide bonds. The number of carbonyl (C=O) groups excluding carboxylic acids is 1. The molecule has 13 heteroatoms. The summed E-state index contributed by atoms with van der Waals surface area (Å²) >= 11 is 0. The third-order valence-electron chi connectivity index (χ3n) is 4.99. The predicted octanol–water partition coefficient (Wildman–Crippen LogP) is 4.64. The Morgan fingerprint density at radius 3 is 2.06 bits per heavy atom. The number of amides is 1. The fourth-order valence-corrected chi connectivity index (χ4v) is 5.09. The number of halogens is 6. The topological polar surface area (TPSA) is 75.7 Å². The Morgan fingerprint density at radius 1 is 0.939 bits per heavy atom. The van der Waals surface area contributed by atoms with Crippen molar-refractivity contribution in [2.24, 2.45) is 5.92 Å². The van der Waals surface area contributed by atoms with Gasteiger partial charge in [-0.2, -0.15) is 17.5 Å². The van der Waals surface area contributed by atoms with E-state index in [1.54, 1.807) is 0 Å². The Labute approximate surface area is 185 Å². The predicted molar refractivity (Wildman–Crippen MR) is 105 cm³/mol. The van der Waals surface area contributed by atoms with Gasteiger partial charge in [0, 0.05) is 24.7 Å². The number of hydrogen-bond donors (Lipinski definition) is 1. The van der Waals surface area contributed by atoms with Gasteiger partial charge in [-0.3, -0.25) is 4.79 Å². The Hall–Kier alpha value is -2.80. The summed E-state index contributed by atoms with van der Waals surface area (Å²) in [5.41, 5.74) is -1.05. The molecule has 0 spiro atoms. The van der Waals surface area contributed by atoms with Gasteiger partial charge in [0.2, 0.25) is 15.9 Å². The van der Waals surface area contributed by atoms with Crippen molar-refractivity contribution in [3.8, 4) is 5.75 Å². The SMILES string of the molecule is O=C(Nc1ccc(OC(F)(F)F)cc1)C1CCN(S(=O)(=O)c2ccccc2C(F)(F)F)CC1. The van der Waals surface area contributed by atoms with Gasteiger partial charge in [-0.15, -0.1) is 13.2 Å². The molecule has 0 aromatic heterocycles. The monoisotopic (exact) mass is 496 g/mol. The van der Waals surface area contributed by atoms with Crippen molar-refractivity contribution >= 4 is 21.6 Å². The van der Waals surface area contributed by atoms with E-state index in [-0.39, 0.29) is 31.6 Å². The molecule has 0 radical (unpaired) electrons. The molecule has 0 unspecified atom stereocenters. The van der Waals surface area contributed by atoms with Crippen LogP contribution in [-0.4, -0.2) is 38.1 Å². The number of hydrogen-bond acceptors (Lipinski definition) is 4. The Balaban J connectivity index is 1.62. The molecular formula is C20H18F6N2O4S. The van der Waals surface area contributed by atoms with E-state index >= 15 is 0 Å². The largest absolute Gasteiger partial charge is 0.573 e. The van der Waals surface area contributed by atoms with Gasteiger partial charge in [-0.1, -0.05) is 12.1 Å². The van der Waals surface area contributed by atoms with E-state index in [0.29, 0.717) is 6.07 Å². The summed E-state index contributed by atoms with van der Waals surface area (Å²) in [6, 6.07) is 8.36. The molecular weight excluding hydrogens is 478 g/mol. The minimum Gasteiger partial charge on any atom is -0.406 e. The average molecular weight is 496 g/mol. The lowest BCUT2D eigenvalue weighted by molar-refractivity contribution is -0.274. The molecule has 180 valence electrons. The lowest BCUT2D eigenvalue weighted by Gasteiger charge is -2.31. The lowest BCUT2D eigenvalue weighted by Crippen LogP contribution is -2.41. The van der Waals surface area contributed by atoms with Crippen LogP contribution in [0.2, 0.25) is 0 Å². The van der Waals surface area contributed by atoms with Crippen molar-refractivity contribution < 1.29 is 44.3 Å². The highest BCUT2D eigenvalue weighted by molar-refractivity contribution is 7.89. The van der Waals surface area contributed by atoms with E-state index in [9.17, 15) is 39.6 Å². The molecule has 6 nitrogen and oxygen atoms in total. The molecule has 0 bridgehead atoms. The van der Waals surface area contributed by atoms with Gasteiger partial charge in [-0.05, 0) is 49.2 Å². The molecule has 1 N–H and O–H groups in total. The normalized spacial score (nSPS) is 16.4. The van der Waals surface area contributed by atoms with Gasteiger partial charge >= 0.3 is 12.5 Å². The standard InChI is InChI=1S/C20H18F6N2O4S/c21-19(22,23)16-3-1-2-4-17(16)33(30,31)28-11-9-13(10-12-28)18(29)27-14-5-7-15(8-6-14)32-20(24,25)26/h1-8,13H,9-12H2,(H,27,29). The van der Waals surface area contributed by atoms with Crippen molar-refractivity contribution in [3.63, 3.8) is 0 Å². The van der Waals surface area contributed by atoms with Crippen molar-refractivity contribution in [3.05, 3.63) is 54.1 Å². The second-order valence-corrected chi connectivity index (χ2v) is 9.14. The maximum absolute atomic E-state index is 13.2. The molecule has 3 rings (SSSR count). The van der Waals surface area contributed by atoms with Gasteiger partial charge in [0.05, 0.1) is 10.5 Å². The summed E-state index contributed by atoms with van der Waals surface area (Å²) in [6.45, 7) is -0.323. The minimum atomic E-state index is -4.85. The maximum atomic E-state index is 13.2. The zero-order valence-electron chi connectivity index (χ0n) is 16.8. The highest BCUT2D eigenvalue weighted by Crippen LogP contribution is 2.36. The van der Waals surface area contributed by atoms with Crippen LogP contribution in [0.15, 0.2) is 53.4 Å². The van der Waals surface area contributed by atoms with Crippen LogP contribution in [0, 0.1) is 5.92 Å². The first kappa shape index (κ1) is 24.8. The molecule has 0 atom stereocenters. The summed E-state index contributed by atoms with van der Waals surface area (Å²) in [6.07, 6.45) is -9.56. The number of benzene rings is 2. The highest BCUT2D eigenvalue weighted by atomic mass is 32.2. The summed E-state index contributed by atoms with van der Waals surface area (Å²) in [4.78, 5) is 11.6. The molecule has 2 aromatic carbocycles. The van der Waals surface area contributed by atoms with Crippen molar-refractivity contribution in [2.45, 2.75) is 30.3 Å². The zero-order chi connectivity index (χ0) is 24.4. The average Bonchev–Trinajstić information content (AvgIpc) is 2.73. The van der Waals surface area contributed by atoms with Gasteiger partial charge < -0.3 is 10.1 Å². The third kappa shape index (κ3) is 6.16. The summed E-state index contributed by atoms with van der Waals surface area (Å²) in [5, 5.41) is 2.52. The fourth-order valence-electron chi connectivity index (χ4n) is 3.41. The first-order valence-corrected chi connectivity index (χ1v) is 11.0. The van der Waals surface area contributed by atoms with Crippen LogP contribution < -0.4 is 10.1 Å². The van der Waals surface area contributed by atoms with E-state index < -0.39 is 50.6 Å². The number of nitrogens with zero attached hydrogens (tertiary/aromatic N) is 1. The number of nitrogens with one attached hydrogen (secondary N) is 1. The van der Waals surface area contributed by atoms with Crippen LogP contribution in [0.5, 0.6) is 5.75 Å². The molecule has 1 aliphatic heterocycles. The second-order valence-electron chi connectivity index (χ2n) is 7.23. The molecule has 1 aliphatic rings. The van der Waals surface area contributed by atoms with Crippen LogP contribution >= 0.6 is 0 Å². The molecule has 2 aromatic rings. The molecule has 0 aliphatic carbocycles.